The fraction of sp³-hybridized carbons (Fsp3) is 0.500. The van der Waals surface area contributed by atoms with E-state index in [-0.39, 0.29) is 29.5 Å². The largest absolute Gasteiger partial charge is 0.481 e. The Balaban J connectivity index is 2.30. The molecule has 7 heteroatoms. The Labute approximate surface area is 133 Å². The van der Waals surface area contributed by atoms with Gasteiger partial charge in [0.15, 0.2) is 0 Å². The van der Waals surface area contributed by atoms with Crippen molar-refractivity contribution in [1.82, 2.24) is 9.88 Å². The third-order valence-corrected chi connectivity index (χ3v) is 4.29. The minimum atomic E-state index is -0.894. The van der Waals surface area contributed by atoms with E-state index < -0.39 is 17.4 Å². The number of nitrogens with zero attached hydrogens (tertiary/aromatic N) is 2. The second-order valence-electron chi connectivity index (χ2n) is 5.87. The molecule has 0 unspecified atom stereocenters. The lowest BCUT2D eigenvalue weighted by Gasteiger charge is -2.17. The predicted molar refractivity (Wildman–Crippen MR) is 81.9 cm³/mol. The van der Waals surface area contributed by atoms with Crippen LogP contribution in [0.1, 0.15) is 41.4 Å². The highest BCUT2D eigenvalue weighted by Crippen LogP contribution is 2.29. The summed E-state index contributed by atoms with van der Waals surface area (Å²) in [5, 5.41) is 18.3. The maximum Gasteiger partial charge on any atom is 0.308 e. The molecule has 1 aromatic rings. The van der Waals surface area contributed by atoms with Gasteiger partial charge in [0.1, 0.15) is 11.6 Å². The van der Waals surface area contributed by atoms with Gasteiger partial charge in [-0.05, 0) is 25.3 Å². The van der Waals surface area contributed by atoms with Gasteiger partial charge < -0.3 is 15.0 Å². The lowest BCUT2D eigenvalue weighted by atomic mass is 9.92. The third kappa shape index (κ3) is 3.26. The quantitative estimate of drug-likeness (QED) is 0.864. The summed E-state index contributed by atoms with van der Waals surface area (Å²) in [5.74, 6) is -1.88. The van der Waals surface area contributed by atoms with Gasteiger partial charge in [-0.25, -0.2) is 0 Å². The average Bonchev–Trinajstić information content (AvgIpc) is 2.91. The molecular formula is C16H19N3O4. The number of hydrogen-bond acceptors (Lipinski definition) is 4. The molecule has 1 fully saturated rings. The zero-order valence-electron chi connectivity index (χ0n) is 13.1. The lowest BCUT2D eigenvalue weighted by Crippen LogP contribution is -2.31. The molecule has 0 saturated carbocycles. The SMILES string of the molecule is CCC[C@@H]1CN(C(=O)c2cc(C#N)c(=O)[nH]c2C)C[C@H]1C(=O)O. The Kier molecular flexibility index (Phi) is 4.84. The van der Waals surface area contributed by atoms with Crippen LogP contribution < -0.4 is 5.56 Å². The lowest BCUT2D eigenvalue weighted by molar-refractivity contribution is -0.142. The van der Waals surface area contributed by atoms with Gasteiger partial charge in [-0.15, -0.1) is 0 Å². The Hall–Kier alpha value is -2.62. The van der Waals surface area contributed by atoms with E-state index in [9.17, 15) is 19.5 Å². The van der Waals surface area contributed by atoms with Crippen molar-refractivity contribution < 1.29 is 14.7 Å². The second kappa shape index (κ2) is 6.65. The van der Waals surface area contributed by atoms with Crippen LogP contribution >= 0.6 is 0 Å². The van der Waals surface area contributed by atoms with Crippen LogP contribution in [-0.2, 0) is 4.79 Å². The number of carbonyl (C=O) groups excluding carboxylic acids is 1. The highest BCUT2D eigenvalue weighted by molar-refractivity contribution is 5.96. The van der Waals surface area contributed by atoms with E-state index in [1.807, 2.05) is 6.92 Å². The smallest absolute Gasteiger partial charge is 0.308 e. The summed E-state index contributed by atoms with van der Waals surface area (Å²) in [6, 6.07) is 3.03. The maximum atomic E-state index is 12.7. The number of aliphatic carboxylic acids is 1. The number of likely N-dealkylation sites (tertiary alicyclic amines) is 1. The van der Waals surface area contributed by atoms with Crippen LogP contribution in [0.3, 0.4) is 0 Å². The molecule has 2 rings (SSSR count). The number of rotatable bonds is 4. The Bertz CT molecular complexity index is 732. The summed E-state index contributed by atoms with van der Waals surface area (Å²) < 4.78 is 0. The van der Waals surface area contributed by atoms with Crippen molar-refractivity contribution in [2.45, 2.75) is 26.7 Å². The molecule has 7 nitrogen and oxygen atoms in total. The molecule has 23 heavy (non-hydrogen) atoms. The average molecular weight is 317 g/mol. The Morgan fingerprint density at radius 1 is 1.48 bits per heavy atom. The van der Waals surface area contributed by atoms with E-state index in [0.717, 1.165) is 12.8 Å². The zero-order valence-corrected chi connectivity index (χ0v) is 13.1. The van der Waals surface area contributed by atoms with Gasteiger partial charge >= 0.3 is 5.97 Å². The first-order chi connectivity index (χ1) is 10.9. The summed E-state index contributed by atoms with van der Waals surface area (Å²) in [4.78, 5) is 39.6. The minimum Gasteiger partial charge on any atom is -0.481 e. The number of H-pyrrole nitrogens is 1. The molecule has 2 N–H and O–H groups in total. The van der Waals surface area contributed by atoms with Crippen LogP contribution in [0, 0.1) is 30.1 Å². The van der Waals surface area contributed by atoms with Crippen LogP contribution in [0.2, 0.25) is 0 Å². The number of hydrogen-bond donors (Lipinski definition) is 2. The third-order valence-electron chi connectivity index (χ3n) is 4.29. The number of carbonyl (C=O) groups is 2. The first-order valence-electron chi connectivity index (χ1n) is 7.55. The standard InChI is InChI=1S/C16H19N3O4/c1-3-4-10-7-19(8-13(10)16(22)23)15(21)12-5-11(6-17)14(20)18-9(12)2/h5,10,13H,3-4,7-8H2,1-2H3,(H,18,20)(H,22,23)/t10-,13-/m1/s1. The van der Waals surface area contributed by atoms with E-state index in [0.29, 0.717) is 12.2 Å². The first-order valence-corrected chi connectivity index (χ1v) is 7.55. The zero-order chi connectivity index (χ0) is 17.1. The van der Waals surface area contributed by atoms with Crippen molar-refractivity contribution in [2.75, 3.05) is 13.1 Å². The van der Waals surface area contributed by atoms with E-state index in [1.54, 1.807) is 13.0 Å². The fourth-order valence-electron chi connectivity index (χ4n) is 3.08. The van der Waals surface area contributed by atoms with Crippen LogP contribution in [0.5, 0.6) is 0 Å². The molecule has 0 aromatic carbocycles. The van der Waals surface area contributed by atoms with Gasteiger partial charge in [-0.3, -0.25) is 14.4 Å². The highest BCUT2D eigenvalue weighted by atomic mass is 16.4. The molecular weight excluding hydrogens is 298 g/mol. The second-order valence-corrected chi connectivity index (χ2v) is 5.87. The molecule has 2 heterocycles. The van der Waals surface area contributed by atoms with Crippen molar-refractivity contribution in [3.8, 4) is 6.07 Å². The molecule has 122 valence electrons. The molecule has 1 aliphatic heterocycles. The number of carboxylic acids is 1. The fourth-order valence-corrected chi connectivity index (χ4v) is 3.08. The molecule has 1 amide bonds. The number of pyridine rings is 1. The van der Waals surface area contributed by atoms with E-state index >= 15 is 0 Å². The van der Waals surface area contributed by atoms with Crippen molar-refractivity contribution in [2.24, 2.45) is 11.8 Å². The van der Waals surface area contributed by atoms with E-state index in [4.69, 9.17) is 5.26 Å². The normalized spacial score (nSPS) is 20.3. The van der Waals surface area contributed by atoms with Crippen LogP contribution in [0.25, 0.3) is 0 Å². The van der Waals surface area contributed by atoms with Crippen molar-refractivity contribution in [1.29, 1.82) is 5.26 Å². The van der Waals surface area contributed by atoms with Crippen LogP contribution in [-0.4, -0.2) is 40.0 Å². The van der Waals surface area contributed by atoms with Gasteiger partial charge in [-0.1, -0.05) is 13.3 Å². The number of nitrogens with one attached hydrogen (secondary N) is 1. The Morgan fingerprint density at radius 2 is 2.17 bits per heavy atom. The molecule has 0 spiro atoms. The first kappa shape index (κ1) is 16.7. The van der Waals surface area contributed by atoms with Crippen molar-refractivity contribution in [3.63, 3.8) is 0 Å². The Morgan fingerprint density at radius 3 is 2.74 bits per heavy atom. The van der Waals surface area contributed by atoms with Crippen LogP contribution in [0.15, 0.2) is 10.9 Å². The highest BCUT2D eigenvalue weighted by Gasteiger charge is 2.39. The number of aryl methyl sites for hydroxylation is 1. The molecule has 1 aliphatic rings. The van der Waals surface area contributed by atoms with Gasteiger partial charge in [0.2, 0.25) is 0 Å². The number of carboxylic acid groups (broad SMARTS) is 1. The van der Waals surface area contributed by atoms with E-state index in [2.05, 4.69) is 4.98 Å². The molecule has 0 aliphatic carbocycles. The topological polar surface area (TPSA) is 114 Å². The molecule has 1 aromatic heterocycles. The molecule has 2 atom stereocenters. The van der Waals surface area contributed by atoms with Gasteiger partial charge in [0, 0.05) is 18.8 Å². The number of amides is 1. The van der Waals surface area contributed by atoms with E-state index in [1.165, 1.54) is 11.0 Å². The monoisotopic (exact) mass is 317 g/mol. The van der Waals surface area contributed by atoms with Gasteiger partial charge in [-0.2, -0.15) is 5.26 Å². The summed E-state index contributed by atoms with van der Waals surface area (Å²) in [6.45, 7) is 4.10. The van der Waals surface area contributed by atoms with Gasteiger partial charge in [0.05, 0.1) is 11.5 Å². The molecule has 1 saturated heterocycles. The van der Waals surface area contributed by atoms with Gasteiger partial charge in [0.25, 0.3) is 11.5 Å². The summed E-state index contributed by atoms with van der Waals surface area (Å²) in [6.07, 6.45) is 1.60. The van der Waals surface area contributed by atoms with Crippen molar-refractivity contribution >= 4 is 11.9 Å². The van der Waals surface area contributed by atoms with Crippen molar-refractivity contribution in [3.05, 3.63) is 33.2 Å². The maximum absolute atomic E-state index is 12.7. The minimum absolute atomic E-state index is 0.0695. The summed E-state index contributed by atoms with van der Waals surface area (Å²) in [7, 11) is 0. The molecule has 0 radical (unpaired) electrons. The number of aromatic amines is 1. The number of aromatic nitrogens is 1. The number of nitriles is 1. The summed E-state index contributed by atoms with van der Waals surface area (Å²) >= 11 is 0. The summed E-state index contributed by atoms with van der Waals surface area (Å²) in [5.41, 5.74) is -0.0412. The molecule has 0 bridgehead atoms. The van der Waals surface area contributed by atoms with Crippen LogP contribution in [0.4, 0.5) is 0 Å². The predicted octanol–water partition coefficient (Wildman–Crippen LogP) is 1.13.